The summed E-state index contributed by atoms with van der Waals surface area (Å²) in [5.74, 6) is 0.349. The number of aromatic nitrogens is 1. The highest BCUT2D eigenvalue weighted by Gasteiger charge is 2.08. The van der Waals surface area contributed by atoms with Crippen LogP contribution in [0.5, 0.6) is 0 Å². The molecule has 0 aliphatic heterocycles. The second-order valence-corrected chi connectivity index (χ2v) is 4.23. The number of hydrogen-bond acceptors (Lipinski definition) is 3. The lowest BCUT2D eigenvalue weighted by Crippen LogP contribution is -2.11. The molecule has 0 aliphatic rings. The predicted molar refractivity (Wildman–Crippen MR) is 69.6 cm³/mol. The fourth-order valence-electron chi connectivity index (χ4n) is 1.57. The van der Waals surface area contributed by atoms with E-state index in [9.17, 15) is 4.39 Å². The minimum absolute atomic E-state index is 0.147. The zero-order chi connectivity index (χ0) is 13.1. The van der Waals surface area contributed by atoms with Gasteiger partial charge in [-0.05, 0) is 30.3 Å². The molecule has 0 unspecified atom stereocenters. The Morgan fingerprint density at radius 1 is 1.33 bits per heavy atom. The van der Waals surface area contributed by atoms with Crippen molar-refractivity contribution in [2.75, 3.05) is 11.9 Å². The number of aliphatic hydroxyl groups excluding tert-OH is 1. The molecule has 0 atom stereocenters. The maximum Gasteiger partial charge on any atom is 0.133 e. The molecule has 1 aromatic heterocycles. The molecule has 2 rings (SSSR count). The minimum Gasteiger partial charge on any atom is -0.392 e. The van der Waals surface area contributed by atoms with Crippen molar-refractivity contribution in [2.24, 2.45) is 0 Å². The molecule has 1 heterocycles. The third kappa shape index (κ3) is 2.60. The Kier molecular flexibility index (Phi) is 3.79. The molecule has 1 N–H and O–H groups in total. The van der Waals surface area contributed by atoms with Crippen LogP contribution in [-0.4, -0.2) is 17.1 Å². The van der Waals surface area contributed by atoms with Crippen molar-refractivity contribution in [1.29, 1.82) is 0 Å². The van der Waals surface area contributed by atoms with E-state index < -0.39 is 0 Å². The van der Waals surface area contributed by atoms with E-state index in [2.05, 4.69) is 4.98 Å². The van der Waals surface area contributed by atoms with Crippen LogP contribution < -0.4 is 4.90 Å². The zero-order valence-corrected chi connectivity index (χ0v) is 10.5. The van der Waals surface area contributed by atoms with Crippen LogP contribution in [0.1, 0.15) is 5.56 Å². The van der Waals surface area contributed by atoms with Gasteiger partial charge in [-0.25, -0.2) is 9.37 Å². The third-order valence-corrected chi connectivity index (χ3v) is 2.99. The average Bonchev–Trinajstić information content (AvgIpc) is 2.39. The standard InChI is InChI=1S/C13H12ClFN2O/c1-17(11-4-2-10(15)3-5-11)13-6-9(8-18)12(14)7-16-13/h2-7,18H,8H2,1H3. The Morgan fingerprint density at radius 2 is 2.00 bits per heavy atom. The molecule has 0 spiro atoms. The largest absolute Gasteiger partial charge is 0.392 e. The Bertz CT molecular complexity index is 545. The van der Waals surface area contributed by atoms with Crippen molar-refractivity contribution in [3.8, 4) is 0 Å². The van der Waals surface area contributed by atoms with E-state index in [1.165, 1.54) is 18.3 Å². The van der Waals surface area contributed by atoms with E-state index >= 15 is 0 Å². The van der Waals surface area contributed by atoms with Crippen molar-refractivity contribution < 1.29 is 9.50 Å². The van der Waals surface area contributed by atoms with E-state index in [1.807, 2.05) is 7.05 Å². The Hall–Kier alpha value is -1.65. The van der Waals surface area contributed by atoms with Gasteiger partial charge >= 0.3 is 0 Å². The van der Waals surface area contributed by atoms with Gasteiger partial charge in [0.25, 0.3) is 0 Å². The molecule has 0 radical (unpaired) electrons. The predicted octanol–water partition coefficient (Wildman–Crippen LogP) is 3.13. The highest BCUT2D eigenvalue weighted by atomic mass is 35.5. The molecule has 1 aromatic carbocycles. The van der Waals surface area contributed by atoms with Gasteiger partial charge in [0, 0.05) is 24.5 Å². The number of rotatable bonds is 3. The molecule has 0 saturated carbocycles. The Morgan fingerprint density at radius 3 is 2.61 bits per heavy atom. The smallest absolute Gasteiger partial charge is 0.133 e. The second-order valence-electron chi connectivity index (χ2n) is 3.83. The number of aliphatic hydroxyl groups is 1. The molecule has 0 fully saturated rings. The SMILES string of the molecule is CN(c1ccc(F)cc1)c1cc(CO)c(Cl)cn1. The monoisotopic (exact) mass is 266 g/mol. The highest BCUT2D eigenvalue weighted by molar-refractivity contribution is 6.31. The lowest BCUT2D eigenvalue weighted by Gasteiger charge is -2.19. The average molecular weight is 267 g/mol. The van der Waals surface area contributed by atoms with Gasteiger partial charge in [0.15, 0.2) is 0 Å². The zero-order valence-electron chi connectivity index (χ0n) is 9.77. The summed E-state index contributed by atoms with van der Waals surface area (Å²) in [6, 6.07) is 7.78. The van der Waals surface area contributed by atoms with Gasteiger partial charge in [-0.15, -0.1) is 0 Å². The first-order valence-corrected chi connectivity index (χ1v) is 5.74. The fourth-order valence-corrected chi connectivity index (χ4v) is 1.73. The van der Waals surface area contributed by atoms with E-state index in [1.54, 1.807) is 23.1 Å². The van der Waals surface area contributed by atoms with Crippen LogP contribution in [-0.2, 0) is 6.61 Å². The topological polar surface area (TPSA) is 36.4 Å². The van der Waals surface area contributed by atoms with Crippen LogP contribution in [0.4, 0.5) is 15.9 Å². The summed E-state index contributed by atoms with van der Waals surface area (Å²) >= 11 is 5.88. The second kappa shape index (κ2) is 5.33. The third-order valence-electron chi connectivity index (χ3n) is 2.65. The number of pyridine rings is 1. The molecule has 2 aromatic rings. The van der Waals surface area contributed by atoms with Crippen LogP contribution in [0, 0.1) is 5.82 Å². The van der Waals surface area contributed by atoms with Crippen LogP contribution in [0.15, 0.2) is 36.5 Å². The summed E-state index contributed by atoms with van der Waals surface area (Å²) < 4.78 is 12.8. The minimum atomic E-state index is -0.285. The Balaban J connectivity index is 2.33. The van der Waals surface area contributed by atoms with Crippen LogP contribution in [0.2, 0.25) is 5.02 Å². The van der Waals surface area contributed by atoms with Crippen LogP contribution in [0.3, 0.4) is 0 Å². The lowest BCUT2D eigenvalue weighted by atomic mass is 10.2. The number of nitrogens with zero attached hydrogens (tertiary/aromatic N) is 2. The maximum atomic E-state index is 12.8. The molecule has 3 nitrogen and oxygen atoms in total. The molecule has 0 bridgehead atoms. The van der Waals surface area contributed by atoms with Gasteiger partial charge in [-0.3, -0.25) is 0 Å². The van der Waals surface area contributed by atoms with Gasteiger partial charge in [0.2, 0.25) is 0 Å². The van der Waals surface area contributed by atoms with Crippen molar-refractivity contribution >= 4 is 23.1 Å². The molecule has 0 aliphatic carbocycles. The number of hydrogen-bond donors (Lipinski definition) is 1. The highest BCUT2D eigenvalue weighted by Crippen LogP contribution is 2.25. The fraction of sp³-hybridized carbons (Fsp3) is 0.154. The van der Waals surface area contributed by atoms with Gasteiger partial charge in [0.05, 0.1) is 11.6 Å². The first kappa shape index (κ1) is 12.8. The van der Waals surface area contributed by atoms with Gasteiger partial charge < -0.3 is 10.0 Å². The molecule has 18 heavy (non-hydrogen) atoms. The summed E-state index contributed by atoms with van der Waals surface area (Å²) in [5.41, 5.74) is 1.41. The molecule has 94 valence electrons. The van der Waals surface area contributed by atoms with Crippen molar-refractivity contribution in [2.45, 2.75) is 6.61 Å². The number of halogens is 2. The maximum absolute atomic E-state index is 12.8. The quantitative estimate of drug-likeness (QED) is 0.927. The van der Waals surface area contributed by atoms with E-state index in [0.29, 0.717) is 16.4 Å². The summed E-state index contributed by atoms with van der Waals surface area (Å²) in [6.45, 7) is -0.147. The number of anilines is 2. The van der Waals surface area contributed by atoms with Crippen LogP contribution >= 0.6 is 11.6 Å². The molecule has 0 saturated heterocycles. The summed E-state index contributed by atoms with van der Waals surface area (Å²) in [6.07, 6.45) is 1.49. The van der Waals surface area contributed by atoms with Gasteiger partial charge in [-0.2, -0.15) is 0 Å². The van der Waals surface area contributed by atoms with E-state index in [4.69, 9.17) is 16.7 Å². The van der Waals surface area contributed by atoms with E-state index in [-0.39, 0.29) is 12.4 Å². The van der Waals surface area contributed by atoms with Crippen molar-refractivity contribution in [3.63, 3.8) is 0 Å². The summed E-state index contributed by atoms with van der Waals surface area (Å²) in [5, 5.41) is 9.58. The van der Waals surface area contributed by atoms with Crippen molar-refractivity contribution in [1.82, 2.24) is 4.98 Å². The molecule has 0 amide bonds. The first-order valence-electron chi connectivity index (χ1n) is 5.36. The van der Waals surface area contributed by atoms with Crippen LogP contribution in [0.25, 0.3) is 0 Å². The first-order chi connectivity index (χ1) is 8.61. The molecule has 5 heteroatoms. The normalized spacial score (nSPS) is 10.4. The van der Waals surface area contributed by atoms with Crippen molar-refractivity contribution in [3.05, 3.63) is 52.9 Å². The summed E-state index contributed by atoms with van der Waals surface area (Å²) in [4.78, 5) is 5.96. The summed E-state index contributed by atoms with van der Waals surface area (Å²) in [7, 11) is 1.81. The lowest BCUT2D eigenvalue weighted by molar-refractivity contribution is 0.282. The molecular formula is C13H12ClFN2O. The van der Waals surface area contributed by atoms with Gasteiger partial charge in [0.1, 0.15) is 11.6 Å². The molecular weight excluding hydrogens is 255 g/mol. The van der Waals surface area contributed by atoms with E-state index in [0.717, 1.165) is 5.69 Å². The number of benzene rings is 1. The van der Waals surface area contributed by atoms with Gasteiger partial charge in [-0.1, -0.05) is 11.6 Å². The Labute approximate surface area is 109 Å².